The molecule has 1 atom stereocenters. The zero-order chi connectivity index (χ0) is 14.5. The van der Waals surface area contributed by atoms with Gasteiger partial charge in [0, 0.05) is 13.1 Å². The molecule has 1 fully saturated rings. The third-order valence-corrected chi connectivity index (χ3v) is 2.59. The molecule has 0 aromatic heterocycles. The van der Waals surface area contributed by atoms with Crippen LogP contribution in [0.15, 0.2) is 0 Å². The Morgan fingerprint density at radius 3 is 2.68 bits per heavy atom. The maximum Gasteiger partial charge on any atom is 0.411 e. The molecule has 0 radical (unpaired) electrons. The molecule has 1 heterocycles. The molecular formula is C11H17F3N2O3. The Bertz CT molecular complexity index is 334. The Labute approximate surface area is 109 Å². The first-order chi connectivity index (χ1) is 8.85. The highest BCUT2D eigenvalue weighted by Gasteiger charge is 2.37. The van der Waals surface area contributed by atoms with Crippen molar-refractivity contribution in [3.8, 4) is 0 Å². The first-order valence-electron chi connectivity index (χ1n) is 6.07. The molecule has 0 saturated carbocycles. The van der Waals surface area contributed by atoms with Gasteiger partial charge in [0.05, 0.1) is 19.1 Å². The SMILES string of the molecule is CCCN1C(=O)CC(NCCOCC(F)(F)F)C1=O. The van der Waals surface area contributed by atoms with Crippen LogP contribution in [0, 0.1) is 0 Å². The van der Waals surface area contributed by atoms with Crippen molar-refractivity contribution in [2.45, 2.75) is 32.0 Å². The fourth-order valence-electron chi connectivity index (χ4n) is 1.79. The van der Waals surface area contributed by atoms with Crippen LogP contribution in [0.1, 0.15) is 19.8 Å². The predicted molar refractivity (Wildman–Crippen MR) is 60.3 cm³/mol. The largest absolute Gasteiger partial charge is 0.411 e. The highest BCUT2D eigenvalue weighted by molar-refractivity contribution is 6.05. The second-order valence-corrected chi connectivity index (χ2v) is 4.26. The Hall–Kier alpha value is -1.15. The highest BCUT2D eigenvalue weighted by atomic mass is 19.4. The molecule has 1 N–H and O–H groups in total. The zero-order valence-electron chi connectivity index (χ0n) is 10.6. The highest BCUT2D eigenvalue weighted by Crippen LogP contribution is 2.15. The van der Waals surface area contributed by atoms with Crippen molar-refractivity contribution in [3.63, 3.8) is 0 Å². The molecule has 110 valence electrons. The lowest BCUT2D eigenvalue weighted by atomic mass is 10.2. The molecule has 1 unspecified atom stereocenters. The van der Waals surface area contributed by atoms with E-state index in [9.17, 15) is 22.8 Å². The van der Waals surface area contributed by atoms with Crippen molar-refractivity contribution in [2.75, 3.05) is 26.3 Å². The van der Waals surface area contributed by atoms with Gasteiger partial charge in [0.25, 0.3) is 0 Å². The van der Waals surface area contributed by atoms with Crippen molar-refractivity contribution < 1.29 is 27.5 Å². The van der Waals surface area contributed by atoms with Crippen LogP contribution in [0.2, 0.25) is 0 Å². The maximum absolute atomic E-state index is 11.8. The number of halogens is 3. The summed E-state index contributed by atoms with van der Waals surface area (Å²) >= 11 is 0. The van der Waals surface area contributed by atoms with Gasteiger partial charge in [-0.05, 0) is 6.42 Å². The van der Waals surface area contributed by atoms with Crippen molar-refractivity contribution in [1.29, 1.82) is 0 Å². The van der Waals surface area contributed by atoms with Gasteiger partial charge in [-0.2, -0.15) is 13.2 Å². The monoisotopic (exact) mass is 282 g/mol. The van der Waals surface area contributed by atoms with E-state index >= 15 is 0 Å². The third-order valence-electron chi connectivity index (χ3n) is 2.59. The van der Waals surface area contributed by atoms with E-state index in [1.807, 2.05) is 6.92 Å². The Kier molecular flexibility index (Phi) is 5.74. The van der Waals surface area contributed by atoms with Crippen molar-refractivity contribution >= 4 is 11.8 Å². The first kappa shape index (κ1) is 15.9. The van der Waals surface area contributed by atoms with Crippen LogP contribution in [-0.2, 0) is 14.3 Å². The van der Waals surface area contributed by atoms with E-state index in [1.54, 1.807) is 0 Å². The molecule has 1 saturated heterocycles. The number of imide groups is 1. The summed E-state index contributed by atoms with van der Waals surface area (Å²) in [5.41, 5.74) is 0. The van der Waals surface area contributed by atoms with Crippen molar-refractivity contribution in [3.05, 3.63) is 0 Å². The minimum absolute atomic E-state index is 0.0537. The number of hydrogen-bond acceptors (Lipinski definition) is 4. The number of carbonyl (C=O) groups is 2. The number of hydrogen-bond donors (Lipinski definition) is 1. The van der Waals surface area contributed by atoms with E-state index in [1.165, 1.54) is 4.90 Å². The van der Waals surface area contributed by atoms with E-state index in [4.69, 9.17) is 0 Å². The van der Waals surface area contributed by atoms with Crippen LogP contribution in [0.5, 0.6) is 0 Å². The fraction of sp³-hybridized carbons (Fsp3) is 0.818. The van der Waals surface area contributed by atoms with E-state index in [-0.39, 0.29) is 31.4 Å². The van der Waals surface area contributed by atoms with Gasteiger partial charge in [0.15, 0.2) is 0 Å². The van der Waals surface area contributed by atoms with E-state index in [2.05, 4.69) is 10.1 Å². The number of nitrogens with zero attached hydrogens (tertiary/aromatic N) is 1. The Balaban J connectivity index is 2.24. The lowest BCUT2D eigenvalue weighted by Gasteiger charge is -2.14. The van der Waals surface area contributed by atoms with Crippen LogP contribution in [0.4, 0.5) is 13.2 Å². The first-order valence-corrected chi connectivity index (χ1v) is 6.07. The van der Waals surface area contributed by atoms with E-state index < -0.39 is 18.8 Å². The quantitative estimate of drug-likeness (QED) is 0.551. The summed E-state index contributed by atoms with van der Waals surface area (Å²) in [6.45, 7) is 0.853. The van der Waals surface area contributed by atoms with Crippen LogP contribution in [0.3, 0.4) is 0 Å². The summed E-state index contributed by atoms with van der Waals surface area (Å²) in [6.07, 6.45) is -3.62. The second kappa shape index (κ2) is 6.85. The molecular weight excluding hydrogens is 265 g/mol. The van der Waals surface area contributed by atoms with Crippen LogP contribution >= 0.6 is 0 Å². The Morgan fingerprint density at radius 2 is 2.11 bits per heavy atom. The van der Waals surface area contributed by atoms with Crippen LogP contribution in [0.25, 0.3) is 0 Å². The summed E-state index contributed by atoms with van der Waals surface area (Å²) < 4.78 is 39.7. The van der Waals surface area contributed by atoms with Crippen molar-refractivity contribution in [1.82, 2.24) is 10.2 Å². The Morgan fingerprint density at radius 1 is 1.42 bits per heavy atom. The van der Waals surface area contributed by atoms with Gasteiger partial charge in [-0.25, -0.2) is 0 Å². The molecule has 0 bridgehead atoms. The van der Waals surface area contributed by atoms with Gasteiger partial charge in [-0.15, -0.1) is 0 Å². The fourth-order valence-corrected chi connectivity index (χ4v) is 1.79. The van der Waals surface area contributed by atoms with Crippen LogP contribution in [-0.4, -0.2) is 55.2 Å². The summed E-state index contributed by atoms with van der Waals surface area (Å²) in [5, 5.41) is 2.73. The van der Waals surface area contributed by atoms with E-state index in [0.29, 0.717) is 13.0 Å². The predicted octanol–water partition coefficient (Wildman–Crippen LogP) is 0.692. The topological polar surface area (TPSA) is 58.6 Å². The minimum Gasteiger partial charge on any atom is -0.371 e. The second-order valence-electron chi connectivity index (χ2n) is 4.26. The number of likely N-dealkylation sites (tertiary alicyclic amines) is 1. The number of carbonyl (C=O) groups excluding carboxylic acids is 2. The number of nitrogens with one attached hydrogen (secondary N) is 1. The summed E-state index contributed by atoms with van der Waals surface area (Å²) in [5.74, 6) is -0.566. The summed E-state index contributed by atoms with van der Waals surface area (Å²) in [6, 6.07) is -0.645. The lowest BCUT2D eigenvalue weighted by molar-refractivity contribution is -0.173. The molecule has 5 nitrogen and oxygen atoms in total. The molecule has 2 amide bonds. The van der Waals surface area contributed by atoms with Gasteiger partial charge < -0.3 is 10.1 Å². The minimum atomic E-state index is -4.35. The molecule has 8 heteroatoms. The van der Waals surface area contributed by atoms with E-state index in [0.717, 1.165) is 0 Å². The lowest BCUT2D eigenvalue weighted by Crippen LogP contribution is -2.40. The maximum atomic E-state index is 11.8. The zero-order valence-corrected chi connectivity index (χ0v) is 10.6. The molecule has 0 aliphatic carbocycles. The summed E-state index contributed by atoms with van der Waals surface area (Å²) in [4.78, 5) is 24.4. The van der Waals surface area contributed by atoms with Gasteiger partial charge in [0.1, 0.15) is 6.61 Å². The number of ether oxygens (including phenoxy) is 1. The summed E-state index contributed by atoms with van der Waals surface area (Å²) in [7, 11) is 0. The standard InChI is InChI=1S/C11H17F3N2O3/c1-2-4-16-9(17)6-8(10(16)18)15-3-5-19-7-11(12,13)14/h8,15H,2-7H2,1H3. The molecule has 0 spiro atoms. The molecule has 0 aromatic carbocycles. The van der Waals surface area contributed by atoms with Gasteiger partial charge in [0.2, 0.25) is 11.8 Å². The molecule has 19 heavy (non-hydrogen) atoms. The molecule has 1 rings (SSSR count). The van der Waals surface area contributed by atoms with Gasteiger partial charge in [-0.1, -0.05) is 6.92 Å². The molecule has 0 aromatic rings. The average Bonchev–Trinajstić information content (AvgIpc) is 2.55. The van der Waals surface area contributed by atoms with Gasteiger partial charge in [-0.3, -0.25) is 14.5 Å². The number of rotatable bonds is 7. The molecule has 1 aliphatic rings. The smallest absolute Gasteiger partial charge is 0.371 e. The number of amides is 2. The molecule has 1 aliphatic heterocycles. The van der Waals surface area contributed by atoms with Crippen LogP contribution < -0.4 is 5.32 Å². The third kappa shape index (κ3) is 5.15. The number of alkyl halides is 3. The van der Waals surface area contributed by atoms with Crippen molar-refractivity contribution in [2.24, 2.45) is 0 Å². The average molecular weight is 282 g/mol. The normalized spacial score (nSPS) is 20.4. The van der Waals surface area contributed by atoms with Gasteiger partial charge >= 0.3 is 6.18 Å².